The van der Waals surface area contributed by atoms with E-state index >= 15 is 0 Å². The van der Waals surface area contributed by atoms with Crippen LogP contribution in [-0.2, 0) is 10.0 Å². The molecule has 0 aliphatic heterocycles. The first kappa shape index (κ1) is 15.6. The molecule has 4 rings (SSSR count). The number of hydrogen-bond donors (Lipinski definition) is 1. The molecule has 0 fully saturated rings. The first-order valence-corrected chi connectivity index (χ1v) is 9.25. The van der Waals surface area contributed by atoms with Crippen LogP contribution in [0.1, 0.15) is 0 Å². The van der Waals surface area contributed by atoms with Crippen molar-refractivity contribution in [3.05, 3.63) is 78.9 Å². The molecule has 0 aliphatic carbocycles. The lowest BCUT2D eigenvalue weighted by Crippen LogP contribution is -2.12. The van der Waals surface area contributed by atoms with Crippen molar-refractivity contribution in [3.8, 4) is 17.1 Å². The van der Waals surface area contributed by atoms with Gasteiger partial charge in [-0.05, 0) is 36.4 Å². The number of para-hydroxylation sites is 3. The summed E-state index contributed by atoms with van der Waals surface area (Å²) in [5.41, 5.74) is 3.42. The van der Waals surface area contributed by atoms with Crippen LogP contribution in [0.3, 0.4) is 0 Å². The van der Waals surface area contributed by atoms with Gasteiger partial charge in [-0.1, -0.05) is 42.5 Å². The van der Waals surface area contributed by atoms with Crippen LogP contribution in [0.4, 0.5) is 0 Å². The number of nitrogens with zero attached hydrogens (tertiary/aromatic N) is 2. The fourth-order valence-corrected chi connectivity index (χ4v) is 3.43. The Bertz CT molecular complexity index is 1170. The number of primary sulfonamides is 1. The number of aromatic nitrogens is 2. The predicted octanol–water partition coefficient (Wildman–Crippen LogP) is 3.34. The van der Waals surface area contributed by atoms with E-state index < -0.39 is 10.0 Å². The lowest BCUT2D eigenvalue weighted by molar-refractivity contribution is 0.598. The van der Waals surface area contributed by atoms with E-state index in [1.54, 1.807) is 12.1 Å². The third-order valence-corrected chi connectivity index (χ3v) is 4.91. The summed E-state index contributed by atoms with van der Waals surface area (Å²) in [6, 6.07) is 24.2. The van der Waals surface area contributed by atoms with Gasteiger partial charge in [0.2, 0.25) is 10.0 Å². The van der Waals surface area contributed by atoms with Gasteiger partial charge in [0.1, 0.15) is 5.82 Å². The van der Waals surface area contributed by atoms with Gasteiger partial charge >= 0.3 is 0 Å². The van der Waals surface area contributed by atoms with Crippen molar-refractivity contribution < 1.29 is 8.42 Å². The molecule has 0 atom stereocenters. The summed E-state index contributed by atoms with van der Waals surface area (Å²) in [6.45, 7) is 0. The average Bonchev–Trinajstić information content (AvgIpc) is 3.01. The summed E-state index contributed by atoms with van der Waals surface area (Å²) in [7, 11) is -3.78. The van der Waals surface area contributed by atoms with E-state index in [4.69, 9.17) is 10.1 Å². The summed E-state index contributed by atoms with van der Waals surface area (Å²) in [6.07, 6.45) is 0. The van der Waals surface area contributed by atoms with E-state index in [0.29, 0.717) is 11.4 Å². The Morgan fingerprint density at radius 3 is 2.32 bits per heavy atom. The van der Waals surface area contributed by atoms with Crippen LogP contribution in [0.15, 0.2) is 83.8 Å². The van der Waals surface area contributed by atoms with E-state index in [-0.39, 0.29) is 4.90 Å². The molecule has 4 aromatic rings. The van der Waals surface area contributed by atoms with E-state index in [1.165, 1.54) is 6.07 Å². The summed E-state index contributed by atoms with van der Waals surface area (Å²) in [4.78, 5) is 4.78. The number of imidazole rings is 1. The van der Waals surface area contributed by atoms with Crippen molar-refractivity contribution >= 4 is 21.1 Å². The van der Waals surface area contributed by atoms with Crippen molar-refractivity contribution in [1.29, 1.82) is 0 Å². The Morgan fingerprint density at radius 2 is 1.56 bits per heavy atom. The molecule has 6 heteroatoms. The Kier molecular flexibility index (Phi) is 3.63. The van der Waals surface area contributed by atoms with Gasteiger partial charge in [0.25, 0.3) is 0 Å². The SMILES string of the molecule is NS(=O)(=O)c1cccc(-c2nc3ccccc3n2-c2ccccc2)c1. The molecular weight excluding hydrogens is 334 g/mol. The third kappa shape index (κ3) is 2.82. The maximum atomic E-state index is 11.7. The molecule has 124 valence electrons. The lowest BCUT2D eigenvalue weighted by Gasteiger charge is -2.10. The molecule has 2 N–H and O–H groups in total. The van der Waals surface area contributed by atoms with Crippen molar-refractivity contribution in [2.45, 2.75) is 4.90 Å². The van der Waals surface area contributed by atoms with Crippen LogP contribution in [0.25, 0.3) is 28.1 Å². The first-order chi connectivity index (χ1) is 12.0. The number of benzene rings is 3. The molecule has 1 heterocycles. The molecule has 5 nitrogen and oxygen atoms in total. The summed E-state index contributed by atoms with van der Waals surface area (Å²) < 4.78 is 25.4. The highest BCUT2D eigenvalue weighted by Gasteiger charge is 2.16. The highest BCUT2D eigenvalue weighted by atomic mass is 32.2. The highest BCUT2D eigenvalue weighted by Crippen LogP contribution is 2.29. The standard InChI is InChI=1S/C19H15N3O2S/c20-25(23,24)16-10-6-7-14(13-16)19-21-17-11-4-5-12-18(17)22(19)15-8-2-1-3-9-15/h1-13H,(H2,20,23,24). The quantitative estimate of drug-likeness (QED) is 0.616. The third-order valence-electron chi connectivity index (χ3n) is 4.00. The molecule has 0 bridgehead atoms. The molecule has 0 saturated heterocycles. The van der Waals surface area contributed by atoms with E-state index in [2.05, 4.69) is 0 Å². The molecular formula is C19H15N3O2S. The average molecular weight is 349 g/mol. The van der Waals surface area contributed by atoms with E-state index in [1.807, 2.05) is 65.2 Å². The second-order valence-electron chi connectivity index (χ2n) is 5.67. The monoisotopic (exact) mass is 349 g/mol. The number of sulfonamides is 1. The van der Waals surface area contributed by atoms with E-state index in [0.717, 1.165) is 16.7 Å². The normalized spacial score (nSPS) is 11.7. The molecule has 0 aliphatic rings. The molecule has 0 unspecified atom stereocenters. The zero-order valence-corrected chi connectivity index (χ0v) is 14.0. The number of nitrogens with two attached hydrogens (primary N) is 1. The van der Waals surface area contributed by atoms with Gasteiger partial charge in [0.15, 0.2) is 0 Å². The number of hydrogen-bond acceptors (Lipinski definition) is 3. The van der Waals surface area contributed by atoms with Gasteiger partial charge in [0, 0.05) is 11.3 Å². The fourth-order valence-electron chi connectivity index (χ4n) is 2.87. The van der Waals surface area contributed by atoms with Gasteiger partial charge in [-0.2, -0.15) is 0 Å². The highest BCUT2D eigenvalue weighted by molar-refractivity contribution is 7.89. The second-order valence-corrected chi connectivity index (χ2v) is 7.23. The van der Waals surface area contributed by atoms with Crippen LogP contribution in [-0.4, -0.2) is 18.0 Å². The summed E-state index contributed by atoms with van der Waals surface area (Å²) in [5, 5.41) is 5.27. The Hall–Kier alpha value is -2.96. The minimum Gasteiger partial charge on any atom is -0.292 e. The van der Waals surface area contributed by atoms with Gasteiger partial charge in [-0.15, -0.1) is 0 Å². The van der Waals surface area contributed by atoms with Crippen molar-refractivity contribution in [2.75, 3.05) is 0 Å². The predicted molar refractivity (Wildman–Crippen MR) is 97.9 cm³/mol. The Balaban J connectivity index is 2.03. The largest absolute Gasteiger partial charge is 0.292 e. The molecule has 1 aromatic heterocycles. The van der Waals surface area contributed by atoms with Gasteiger partial charge in [-0.25, -0.2) is 18.5 Å². The van der Waals surface area contributed by atoms with Crippen LogP contribution in [0.2, 0.25) is 0 Å². The topological polar surface area (TPSA) is 78.0 Å². The van der Waals surface area contributed by atoms with Crippen LogP contribution < -0.4 is 5.14 Å². The summed E-state index contributed by atoms with van der Waals surface area (Å²) in [5.74, 6) is 0.665. The molecule has 0 spiro atoms. The molecule has 3 aromatic carbocycles. The molecule has 25 heavy (non-hydrogen) atoms. The smallest absolute Gasteiger partial charge is 0.238 e. The molecule has 0 radical (unpaired) electrons. The van der Waals surface area contributed by atoms with Crippen LogP contribution in [0.5, 0.6) is 0 Å². The van der Waals surface area contributed by atoms with Crippen molar-refractivity contribution in [2.24, 2.45) is 5.14 Å². The van der Waals surface area contributed by atoms with Gasteiger partial charge in [-0.3, -0.25) is 4.57 Å². The zero-order chi connectivity index (χ0) is 17.4. The van der Waals surface area contributed by atoms with Crippen molar-refractivity contribution in [3.63, 3.8) is 0 Å². The second kappa shape index (κ2) is 5.84. The lowest BCUT2D eigenvalue weighted by atomic mass is 10.2. The minimum absolute atomic E-state index is 0.0664. The van der Waals surface area contributed by atoms with Crippen molar-refractivity contribution in [1.82, 2.24) is 9.55 Å². The van der Waals surface area contributed by atoms with Crippen LogP contribution in [0, 0.1) is 0 Å². The van der Waals surface area contributed by atoms with Gasteiger partial charge in [0.05, 0.1) is 15.9 Å². The van der Waals surface area contributed by atoms with Crippen LogP contribution >= 0.6 is 0 Å². The number of rotatable bonds is 3. The summed E-state index contributed by atoms with van der Waals surface area (Å²) >= 11 is 0. The Morgan fingerprint density at radius 1 is 0.840 bits per heavy atom. The minimum atomic E-state index is -3.78. The first-order valence-electron chi connectivity index (χ1n) is 7.70. The Labute approximate surface area is 145 Å². The zero-order valence-electron chi connectivity index (χ0n) is 13.2. The molecule has 0 amide bonds. The fraction of sp³-hybridized carbons (Fsp3) is 0. The van der Waals surface area contributed by atoms with E-state index in [9.17, 15) is 8.42 Å². The molecule has 0 saturated carbocycles. The maximum absolute atomic E-state index is 11.7. The van der Waals surface area contributed by atoms with Gasteiger partial charge < -0.3 is 0 Å². The number of fused-ring (bicyclic) bond motifs is 1. The maximum Gasteiger partial charge on any atom is 0.238 e.